The Kier molecular flexibility index (Phi) is 3.82. The van der Waals surface area contributed by atoms with Crippen molar-refractivity contribution in [2.45, 2.75) is 12.8 Å². The van der Waals surface area contributed by atoms with Crippen LogP contribution in [0.2, 0.25) is 0 Å². The molecule has 0 saturated heterocycles. The number of nitrogens with one attached hydrogen (secondary N) is 1. The van der Waals surface area contributed by atoms with Gasteiger partial charge in [-0.1, -0.05) is 5.10 Å². The van der Waals surface area contributed by atoms with Gasteiger partial charge in [-0.2, -0.15) is 0 Å². The number of hydrogen-bond donors (Lipinski definition) is 2. The van der Waals surface area contributed by atoms with E-state index in [2.05, 4.69) is 15.5 Å². The van der Waals surface area contributed by atoms with Gasteiger partial charge in [0.15, 0.2) is 0 Å². The van der Waals surface area contributed by atoms with Gasteiger partial charge in [-0.05, 0) is 30.7 Å². The molecular weight excluding hydrogens is 242 g/mol. The average Bonchev–Trinajstić information content (AvgIpc) is 2.77. The lowest BCUT2D eigenvalue weighted by Gasteiger charge is -2.00. The van der Waals surface area contributed by atoms with E-state index in [4.69, 9.17) is 21.1 Å². The third-order valence-electron chi connectivity index (χ3n) is 2.11. The zero-order valence-corrected chi connectivity index (χ0v) is 9.81. The molecule has 0 unspecified atom stereocenters. The van der Waals surface area contributed by atoms with Crippen LogP contribution in [0.4, 0.5) is 11.7 Å². The summed E-state index contributed by atoms with van der Waals surface area (Å²) in [4.78, 5) is 0. The van der Waals surface area contributed by atoms with Crippen molar-refractivity contribution in [3.63, 3.8) is 0 Å². The van der Waals surface area contributed by atoms with Gasteiger partial charge in [0, 0.05) is 18.0 Å². The minimum Gasteiger partial charge on any atom is -0.508 e. The van der Waals surface area contributed by atoms with E-state index in [1.807, 2.05) is 0 Å². The molecule has 1 aromatic carbocycles. The van der Waals surface area contributed by atoms with Crippen LogP contribution in [0.15, 0.2) is 28.7 Å². The molecule has 0 fully saturated rings. The lowest BCUT2D eigenvalue weighted by Crippen LogP contribution is -1.89. The van der Waals surface area contributed by atoms with Crippen LogP contribution >= 0.6 is 11.6 Å². The molecule has 0 aliphatic carbocycles. The maximum absolute atomic E-state index is 9.13. The number of aromatic nitrogens is 2. The highest BCUT2D eigenvalue weighted by Gasteiger charge is 2.05. The smallest absolute Gasteiger partial charge is 0.320 e. The van der Waals surface area contributed by atoms with E-state index in [1.165, 1.54) is 0 Å². The Bertz CT molecular complexity index is 470. The summed E-state index contributed by atoms with van der Waals surface area (Å²) in [6.45, 7) is 0. The third-order valence-corrected chi connectivity index (χ3v) is 2.38. The lowest BCUT2D eigenvalue weighted by atomic mass is 10.3. The van der Waals surface area contributed by atoms with Crippen LogP contribution in [-0.4, -0.2) is 21.2 Å². The number of aryl methyl sites for hydroxylation is 1. The van der Waals surface area contributed by atoms with E-state index in [1.54, 1.807) is 24.3 Å². The maximum Gasteiger partial charge on any atom is 0.320 e. The SMILES string of the molecule is Oc1ccc(Nc2nnc(CCCCl)o2)cc1. The topological polar surface area (TPSA) is 71.2 Å². The number of anilines is 2. The molecule has 0 bridgehead atoms. The van der Waals surface area contributed by atoms with Crippen LogP contribution in [-0.2, 0) is 6.42 Å². The minimum absolute atomic E-state index is 0.212. The van der Waals surface area contributed by atoms with Crippen molar-refractivity contribution >= 4 is 23.3 Å². The first kappa shape index (κ1) is 11.7. The molecule has 2 N–H and O–H groups in total. The Morgan fingerprint density at radius 3 is 2.71 bits per heavy atom. The molecule has 0 atom stereocenters. The molecule has 0 saturated carbocycles. The van der Waals surface area contributed by atoms with Gasteiger partial charge in [0.1, 0.15) is 5.75 Å². The van der Waals surface area contributed by atoms with Gasteiger partial charge in [-0.15, -0.1) is 16.7 Å². The first-order valence-corrected chi connectivity index (χ1v) is 5.76. The average molecular weight is 254 g/mol. The molecule has 2 aromatic rings. The summed E-state index contributed by atoms with van der Waals surface area (Å²) in [5.41, 5.74) is 0.773. The molecule has 1 aromatic heterocycles. The van der Waals surface area contributed by atoms with Crippen molar-refractivity contribution in [2.24, 2.45) is 0 Å². The van der Waals surface area contributed by atoms with E-state index in [-0.39, 0.29) is 5.75 Å². The molecule has 2 rings (SSSR count). The summed E-state index contributed by atoms with van der Waals surface area (Å²) in [5.74, 6) is 1.35. The highest BCUT2D eigenvalue weighted by Crippen LogP contribution is 2.18. The summed E-state index contributed by atoms with van der Waals surface area (Å²) >= 11 is 5.57. The van der Waals surface area contributed by atoms with Gasteiger partial charge in [-0.3, -0.25) is 0 Å². The Morgan fingerprint density at radius 1 is 1.24 bits per heavy atom. The maximum atomic E-state index is 9.13. The molecule has 0 spiro atoms. The van der Waals surface area contributed by atoms with Crippen molar-refractivity contribution in [3.8, 4) is 5.75 Å². The van der Waals surface area contributed by atoms with E-state index >= 15 is 0 Å². The number of aromatic hydroxyl groups is 1. The Labute approximate surface area is 103 Å². The van der Waals surface area contributed by atoms with Crippen LogP contribution in [0, 0.1) is 0 Å². The third kappa shape index (κ3) is 3.35. The molecule has 17 heavy (non-hydrogen) atoms. The Balaban J connectivity index is 1.98. The first-order chi connectivity index (χ1) is 8.28. The number of nitrogens with zero attached hydrogens (tertiary/aromatic N) is 2. The van der Waals surface area contributed by atoms with Crippen molar-refractivity contribution in [1.82, 2.24) is 10.2 Å². The first-order valence-electron chi connectivity index (χ1n) is 5.22. The van der Waals surface area contributed by atoms with Crippen molar-refractivity contribution in [3.05, 3.63) is 30.2 Å². The minimum atomic E-state index is 0.212. The van der Waals surface area contributed by atoms with Crippen LogP contribution in [0.25, 0.3) is 0 Å². The number of phenolic OH excluding ortho intramolecular Hbond substituents is 1. The normalized spacial score (nSPS) is 10.4. The second kappa shape index (κ2) is 5.54. The molecule has 0 radical (unpaired) electrons. The van der Waals surface area contributed by atoms with Crippen LogP contribution < -0.4 is 5.32 Å². The summed E-state index contributed by atoms with van der Waals surface area (Å²) in [6, 6.07) is 6.93. The number of alkyl halides is 1. The number of hydrogen-bond acceptors (Lipinski definition) is 5. The quantitative estimate of drug-likeness (QED) is 0.633. The zero-order valence-electron chi connectivity index (χ0n) is 9.06. The molecule has 5 nitrogen and oxygen atoms in total. The second-order valence-corrected chi connectivity index (χ2v) is 3.84. The molecule has 6 heteroatoms. The van der Waals surface area contributed by atoms with Gasteiger partial charge < -0.3 is 14.8 Å². The van der Waals surface area contributed by atoms with Crippen molar-refractivity contribution in [1.29, 1.82) is 0 Å². The van der Waals surface area contributed by atoms with Gasteiger partial charge in [0.25, 0.3) is 0 Å². The Hall–Kier alpha value is -1.75. The van der Waals surface area contributed by atoms with Gasteiger partial charge in [0.2, 0.25) is 5.89 Å². The molecule has 0 aliphatic heterocycles. The summed E-state index contributed by atoms with van der Waals surface area (Å²) in [6.07, 6.45) is 1.48. The molecule has 0 aliphatic rings. The highest BCUT2D eigenvalue weighted by molar-refractivity contribution is 6.17. The summed E-state index contributed by atoms with van der Waals surface area (Å²) in [7, 11) is 0. The van der Waals surface area contributed by atoms with Gasteiger partial charge in [0.05, 0.1) is 0 Å². The number of halogens is 1. The lowest BCUT2D eigenvalue weighted by molar-refractivity contribution is 0.475. The predicted molar refractivity (Wildman–Crippen MR) is 64.7 cm³/mol. The fourth-order valence-electron chi connectivity index (χ4n) is 1.29. The molecule has 0 amide bonds. The monoisotopic (exact) mass is 253 g/mol. The second-order valence-electron chi connectivity index (χ2n) is 3.47. The Morgan fingerprint density at radius 2 is 2.00 bits per heavy atom. The van der Waals surface area contributed by atoms with Crippen LogP contribution in [0.3, 0.4) is 0 Å². The van der Waals surface area contributed by atoms with E-state index in [0.717, 1.165) is 12.1 Å². The summed E-state index contributed by atoms with van der Waals surface area (Å²) < 4.78 is 5.37. The highest BCUT2D eigenvalue weighted by atomic mass is 35.5. The standard InChI is InChI=1S/C11H12ClN3O2/c12-7-1-2-10-14-15-11(17-10)13-8-3-5-9(16)6-4-8/h3-6,16H,1-2,7H2,(H,13,15). The fraction of sp³-hybridized carbons (Fsp3) is 0.273. The van der Waals surface area contributed by atoms with Crippen molar-refractivity contribution in [2.75, 3.05) is 11.2 Å². The zero-order chi connectivity index (χ0) is 12.1. The van der Waals surface area contributed by atoms with E-state index < -0.39 is 0 Å². The summed E-state index contributed by atoms with van der Waals surface area (Å²) in [5, 5.41) is 19.8. The largest absolute Gasteiger partial charge is 0.508 e. The fourth-order valence-corrected chi connectivity index (χ4v) is 1.43. The number of rotatable bonds is 5. The molecular formula is C11H12ClN3O2. The van der Waals surface area contributed by atoms with Crippen LogP contribution in [0.1, 0.15) is 12.3 Å². The van der Waals surface area contributed by atoms with Gasteiger partial charge in [-0.25, -0.2) is 0 Å². The molecule has 1 heterocycles. The van der Waals surface area contributed by atoms with Gasteiger partial charge >= 0.3 is 6.01 Å². The number of phenols is 1. The molecule has 90 valence electrons. The van der Waals surface area contributed by atoms with E-state index in [0.29, 0.717) is 24.2 Å². The van der Waals surface area contributed by atoms with Crippen LogP contribution in [0.5, 0.6) is 5.75 Å². The predicted octanol–water partition coefficient (Wildman–Crippen LogP) is 2.69. The van der Waals surface area contributed by atoms with E-state index in [9.17, 15) is 0 Å². The number of benzene rings is 1. The van der Waals surface area contributed by atoms with Crippen molar-refractivity contribution < 1.29 is 9.52 Å².